The second-order valence-electron chi connectivity index (χ2n) is 2.70. The van der Waals surface area contributed by atoms with Crippen molar-refractivity contribution in [1.82, 2.24) is 0 Å². The van der Waals surface area contributed by atoms with Gasteiger partial charge in [0.05, 0.1) is 0 Å². The van der Waals surface area contributed by atoms with Crippen LogP contribution in [0.4, 0.5) is 0 Å². The van der Waals surface area contributed by atoms with Gasteiger partial charge in [0, 0.05) is 28.7 Å². The van der Waals surface area contributed by atoms with Crippen molar-refractivity contribution in [1.29, 1.82) is 0 Å². The van der Waals surface area contributed by atoms with E-state index < -0.39 is 16.8 Å². The Bertz CT molecular complexity index is 156. The molecule has 0 spiro atoms. The normalized spacial score (nSPS) is 12.8. The first-order valence-corrected chi connectivity index (χ1v) is 5.72. The van der Waals surface area contributed by atoms with Crippen LogP contribution in [0.2, 0.25) is 0 Å². The monoisotopic (exact) mass is 192 g/mol. The number of rotatable bonds is 7. The number of carboxylic acid groups (broad SMARTS) is 1. The number of carbonyl (C=O) groups is 1. The summed E-state index contributed by atoms with van der Waals surface area (Å²) in [7, 11) is -0.728. The molecule has 1 N–H and O–H groups in total. The van der Waals surface area contributed by atoms with E-state index in [4.69, 9.17) is 5.11 Å². The molecule has 0 aliphatic carbocycles. The minimum Gasteiger partial charge on any atom is -0.481 e. The van der Waals surface area contributed by atoms with E-state index in [1.807, 2.05) is 6.92 Å². The minimum atomic E-state index is -0.767. The summed E-state index contributed by atoms with van der Waals surface area (Å²) in [6, 6.07) is 0. The predicted molar refractivity (Wildman–Crippen MR) is 49.7 cm³/mol. The molecule has 0 radical (unpaired) electrons. The van der Waals surface area contributed by atoms with Crippen molar-refractivity contribution in [3.05, 3.63) is 0 Å². The Hall–Kier alpha value is -0.380. The highest BCUT2D eigenvalue weighted by Gasteiger charge is 1.99. The molecule has 4 heteroatoms. The molecule has 72 valence electrons. The van der Waals surface area contributed by atoms with Crippen molar-refractivity contribution in [3.63, 3.8) is 0 Å². The van der Waals surface area contributed by atoms with Gasteiger partial charge in [-0.15, -0.1) is 0 Å². The minimum absolute atomic E-state index is 0.198. The summed E-state index contributed by atoms with van der Waals surface area (Å²) in [5.74, 6) is 0.630. The molecule has 3 nitrogen and oxygen atoms in total. The summed E-state index contributed by atoms with van der Waals surface area (Å²) in [6.45, 7) is 2.00. The zero-order valence-electron chi connectivity index (χ0n) is 7.41. The van der Waals surface area contributed by atoms with Crippen LogP contribution in [0.25, 0.3) is 0 Å². The molecule has 0 aromatic heterocycles. The second-order valence-corrected chi connectivity index (χ2v) is 4.40. The van der Waals surface area contributed by atoms with Gasteiger partial charge in [-0.3, -0.25) is 9.00 Å². The van der Waals surface area contributed by atoms with Crippen molar-refractivity contribution in [2.45, 2.75) is 32.6 Å². The standard InChI is InChI=1S/C8H16O3S/c1-2-6-12(11)7-4-3-5-8(9)10/h2-7H2,1H3,(H,9,10). The maximum Gasteiger partial charge on any atom is 0.303 e. The fraction of sp³-hybridized carbons (Fsp3) is 0.875. The van der Waals surface area contributed by atoms with Crippen LogP contribution in [0.5, 0.6) is 0 Å². The topological polar surface area (TPSA) is 54.4 Å². The molecule has 0 aromatic carbocycles. The van der Waals surface area contributed by atoms with Crippen LogP contribution < -0.4 is 0 Å². The maximum atomic E-state index is 11.1. The van der Waals surface area contributed by atoms with E-state index in [1.165, 1.54) is 0 Å². The lowest BCUT2D eigenvalue weighted by Crippen LogP contribution is -2.03. The molecule has 0 fully saturated rings. The van der Waals surface area contributed by atoms with Crippen molar-refractivity contribution < 1.29 is 14.1 Å². The summed E-state index contributed by atoms with van der Waals surface area (Å²) in [5.41, 5.74) is 0. The fourth-order valence-corrected chi connectivity index (χ4v) is 2.05. The number of hydrogen-bond donors (Lipinski definition) is 1. The van der Waals surface area contributed by atoms with E-state index in [9.17, 15) is 9.00 Å². The molecule has 0 rings (SSSR count). The Morgan fingerprint density at radius 1 is 1.33 bits per heavy atom. The second kappa shape index (κ2) is 7.28. The first-order chi connectivity index (χ1) is 5.66. The average molecular weight is 192 g/mol. The summed E-state index contributed by atoms with van der Waals surface area (Å²) >= 11 is 0. The summed E-state index contributed by atoms with van der Waals surface area (Å²) < 4.78 is 11.1. The van der Waals surface area contributed by atoms with E-state index in [0.717, 1.165) is 18.6 Å². The van der Waals surface area contributed by atoms with Crippen LogP contribution in [0.1, 0.15) is 32.6 Å². The van der Waals surface area contributed by atoms with Crippen LogP contribution in [0.15, 0.2) is 0 Å². The van der Waals surface area contributed by atoms with E-state index >= 15 is 0 Å². The molecule has 0 saturated heterocycles. The number of carboxylic acids is 1. The van der Waals surface area contributed by atoms with Crippen LogP contribution in [-0.4, -0.2) is 26.8 Å². The Morgan fingerprint density at radius 2 is 2.00 bits per heavy atom. The molecule has 0 aliphatic heterocycles. The van der Waals surface area contributed by atoms with E-state index in [1.54, 1.807) is 0 Å². The molecular formula is C8H16O3S. The first kappa shape index (κ1) is 11.6. The van der Waals surface area contributed by atoms with Crippen LogP contribution in [-0.2, 0) is 15.6 Å². The average Bonchev–Trinajstić information content (AvgIpc) is 1.98. The van der Waals surface area contributed by atoms with Gasteiger partial charge in [-0.2, -0.15) is 0 Å². The lowest BCUT2D eigenvalue weighted by atomic mass is 10.3. The van der Waals surface area contributed by atoms with Crippen molar-refractivity contribution in [2.24, 2.45) is 0 Å². The van der Waals surface area contributed by atoms with Crippen molar-refractivity contribution in [3.8, 4) is 0 Å². The third-order valence-corrected chi connectivity index (χ3v) is 3.05. The van der Waals surface area contributed by atoms with Crippen LogP contribution >= 0.6 is 0 Å². The number of unbranched alkanes of at least 4 members (excludes halogenated alkanes) is 1. The van der Waals surface area contributed by atoms with Crippen LogP contribution in [0.3, 0.4) is 0 Å². The van der Waals surface area contributed by atoms with Gasteiger partial charge in [-0.05, 0) is 19.3 Å². The van der Waals surface area contributed by atoms with Crippen molar-refractivity contribution in [2.75, 3.05) is 11.5 Å². The predicted octanol–water partition coefficient (Wildman–Crippen LogP) is 1.40. The lowest BCUT2D eigenvalue weighted by molar-refractivity contribution is -0.137. The molecule has 0 aliphatic rings. The Balaban J connectivity index is 3.19. The summed E-state index contributed by atoms with van der Waals surface area (Å²) in [4.78, 5) is 10.1. The number of hydrogen-bond acceptors (Lipinski definition) is 2. The van der Waals surface area contributed by atoms with E-state index in [0.29, 0.717) is 12.2 Å². The van der Waals surface area contributed by atoms with Crippen molar-refractivity contribution >= 4 is 16.8 Å². The largest absolute Gasteiger partial charge is 0.481 e. The third kappa shape index (κ3) is 7.72. The molecule has 12 heavy (non-hydrogen) atoms. The zero-order valence-corrected chi connectivity index (χ0v) is 8.23. The lowest BCUT2D eigenvalue weighted by Gasteiger charge is -1.98. The quantitative estimate of drug-likeness (QED) is 0.620. The maximum absolute atomic E-state index is 11.1. The summed E-state index contributed by atoms with van der Waals surface area (Å²) in [5, 5.41) is 8.31. The zero-order chi connectivity index (χ0) is 9.40. The molecule has 0 bridgehead atoms. The molecule has 0 aromatic rings. The molecule has 0 heterocycles. The van der Waals surface area contributed by atoms with E-state index in [-0.39, 0.29) is 6.42 Å². The Morgan fingerprint density at radius 3 is 2.50 bits per heavy atom. The highest BCUT2D eigenvalue weighted by Crippen LogP contribution is 1.98. The Kier molecular flexibility index (Phi) is 7.05. The molecule has 1 unspecified atom stereocenters. The fourth-order valence-electron chi connectivity index (χ4n) is 0.869. The SMILES string of the molecule is CCCS(=O)CCCCC(=O)O. The molecule has 0 amide bonds. The first-order valence-electron chi connectivity index (χ1n) is 4.23. The van der Waals surface area contributed by atoms with Gasteiger partial charge in [0.15, 0.2) is 0 Å². The van der Waals surface area contributed by atoms with Crippen LogP contribution in [0, 0.1) is 0 Å². The van der Waals surface area contributed by atoms with Gasteiger partial charge in [-0.1, -0.05) is 6.92 Å². The molecular weight excluding hydrogens is 176 g/mol. The highest BCUT2D eigenvalue weighted by molar-refractivity contribution is 7.84. The van der Waals surface area contributed by atoms with Gasteiger partial charge in [0.25, 0.3) is 0 Å². The number of aliphatic carboxylic acids is 1. The summed E-state index contributed by atoms with van der Waals surface area (Å²) in [6.07, 6.45) is 2.54. The molecule has 1 atom stereocenters. The third-order valence-electron chi connectivity index (χ3n) is 1.44. The highest BCUT2D eigenvalue weighted by atomic mass is 32.2. The van der Waals surface area contributed by atoms with Gasteiger partial charge < -0.3 is 5.11 Å². The van der Waals surface area contributed by atoms with Gasteiger partial charge in [0.2, 0.25) is 0 Å². The van der Waals surface area contributed by atoms with Gasteiger partial charge in [-0.25, -0.2) is 0 Å². The smallest absolute Gasteiger partial charge is 0.303 e. The van der Waals surface area contributed by atoms with E-state index in [2.05, 4.69) is 0 Å². The van der Waals surface area contributed by atoms with Gasteiger partial charge >= 0.3 is 5.97 Å². The Labute approximate surface area is 75.6 Å². The molecule has 0 saturated carbocycles. The van der Waals surface area contributed by atoms with Gasteiger partial charge in [0.1, 0.15) is 0 Å².